The van der Waals surface area contributed by atoms with Gasteiger partial charge in [-0.3, -0.25) is 0 Å². The maximum atomic E-state index is 12.8. The Kier molecular flexibility index (Phi) is 7.86. The van der Waals surface area contributed by atoms with Crippen LogP contribution in [0.1, 0.15) is 24.2 Å². The third kappa shape index (κ3) is 5.74. The van der Waals surface area contributed by atoms with Crippen LogP contribution in [0.2, 0.25) is 0 Å². The molecule has 3 aromatic rings. The number of hydroxylamine groups is 2. The second-order valence-electron chi connectivity index (χ2n) is 6.40. The molecule has 0 radical (unpaired) electrons. The molecule has 8 heteroatoms. The quantitative estimate of drug-likeness (QED) is 0.350. The van der Waals surface area contributed by atoms with E-state index in [-0.39, 0.29) is 12.0 Å². The lowest BCUT2D eigenvalue weighted by Crippen LogP contribution is -2.27. The van der Waals surface area contributed by atoms with Crippen LogP contribution in [-0.2, 0) is 4.84 Å². The van der Waals surface area contributed by atoms with Crippen molar-refractivity contribution < 1.29 is 19.1 Å². The number of hydrogen-bond acceptors (Lipinski definition) is 8. The predicted octanol–water partition coefficient (Wildman–Crippen LogP) is 4.73. The van der Waals surface area contributed by atoms with Crippen molar-refractivity contribution in [3.63, 3.8) is 0 Å². The van der Waals surface area contributed by atoms with Gasteiger partial charge < -0.3 is 14.3 Å². The Hall–Kier alpha value is -3.10. The lowest BCUT2D eigenvalue weighted by Gasteiger charge is -2.18. The molecule has 0 saturated carbocycles. The van der Waals surface area contributed by atoms with Gasteiger partial charge in [-0.15, -0.1) is 5.06 Å². The number of rotatable bonds is 9. The Morgan fingerprint density at radius 3 is 2.45 bits per heavy atom. The zero-order chi connectivity index (χ0) is 22.2. The van der Waals surface area contributed by atoms with Crippen molar-refractivity contribution in [2.45, 2.75) is 23.8 Å². The Morgan fingerprint density at radius 1 is 0.968 bits per heavy atom. The van der Waals surface area contributed by atoms with Crippen LogP contribution in [-0.4, -0.2) is 48.3 Å². The Morgan fingerprint density at radius 2 is 1.74 bits per heavy atom. The second-order valence-corrected chi connectivity index (χ2v) is 7.50. The van der Waals surface area contributed by atoms with Crippen LogP contribution >= 0.6 is 11.8 Å². The summed E-state index contributed by atoms with van der Waals surface area (Å²) in [4.78, 5) is 27.7. The molecule has 0 bridgehead atoms. The summed E-state index contributed by atoms with van der Waals surface area (Å²) in [7, 11) is 3.06. The van der Waals surface area contributed by atoms with Crippen molar-refractivity contribution in [3.05, 3.63) is 60.2 Å². The van der Waals surface area contributed by atoms with Crippen LogP contribution in [0.5, 0.6) is 11.9 Å². The summed E-state index contributed by atoms with van der Waals surface area (Å²) in [6.45, 7) is 5.14. The largest absolute Gasteiger partial charge is 0.481 e. The standard InChI is InChI=1S/C23H25N3O4S/c1-5-26(6-2)30-22(27)19-13-8-7-12-18(19)16-10-9-11-17(14-16)31-21-15-20(28-3)24-23(25-21)29-4/h7-15H,5-6H2,1-4H3. The number of methoxy groups -OCH3 is 2. The molecule has 3 rings (SSSR count). The van der Waals surface area contributed by atoms with Crippen LogP contribution in [0.4, 0.5) is 0 Å². The van der Waals surface area contributed by atoms with Crippen LogP contribution in [0.25, 0.3) is 11.1 Å². The van der Waals surface area contributed by atoms with Gasteiger partial charge in [0.1, 0.15) is 5.03 Å². The minimum absolute atomic E-state index is 0.238. The minimum Gasteiger partial charge on any atom is -0.481 e. The molecule has 0 unspecified atom stereocenters. The van der Waals surface area contributed by atoms with E-state index >= 15 is 0 Å². The van der Waals surface area contributed by atoms with E-state index < -0.39 is 0 Å². The fourth-order valence-corrected chi connectivity index (χ4v) is 3.77. The van der Waals surface area contributed by atoms with Crippen molar-refractivity contribution in [1.29, 1.82) is 0 Å². The molecule has 0 atom stereocenters. The number of nitrogens with zero attached hydrogens (tertiary/aromatic N) is 3. The van der Waals surface area contributed by atoms with E-state index in [4.69, 9.17) is 14.3 Å². The van der Waals surface area contributed by atoms with E-state index in [9.17, 15) is 4.79 Å². The topological polar surface area (TPSA) is 73.8 Å². The van der Waals surface area contributed by atoms with E-state index in [0.717, 1.165) is 16.0 Å². The highest BCUT2D eigenvalue weighted by Crippen LogP contribution is 2.33. The predicted molar refractivity (Wildman–Crippen MR) is 119 cm³/mol. The fraction of sp³-hybridized carbons (Fsp3) is 0.261. The molecule has 0 aliphatic rings. The maximum absolute atomic E-state index is 12.8. The van der Waals surface area contributed by atoms with Gasteiger partial charge in [0.05, 0.1) is 19.8 Å². The summed E-state index contributed by atoms with van der Waals surface area (Å²) < 4.78 is 10.4. The van der Waals surface area contributed by atoms with Crippen molar-refractivity contribution in [1.82, 2.24) is 15.0 Å². The van der Waals surface area contributed by atoms with E-state index in [2.05, 4.69) is 9.97 Å². The molecule has 1 heterocycles. The summed E-state index contributed by atoms with van der Waals surface area (Å²) in [6.07, 6.45) is 0. The molecule has 0 spiro atoms. The van der Waals surface area contributed by atoms with Crippen molar-refractivity contribution in [2.24, 2.45) is 0 Å². The number of carbonyl (C=O) groups is 1. The van der Waals surface area contributed by atoms with Crippen LogP contribution < -0.4 is 9.47 Å². The number of ether oxygens (including phenoxy) is 2. The van der Waals surface area contributed by atoms with Gasteiger partial charge in [0.2, 0.25) is 5.88 Å². The second kappa shape index (κ2) is 10.8. The SMILES string of the molecule is CCN(CC)OC(=O)c1ccccc1-c1cccc(Sc2cc(OC)nc(OC)n2)c1. The molecule has 0 N–H and O–H groups in total. The zero-order valence-corrected chi connectivity index (χ0v) is 18.8. The average Bonchev–Trinajstić information content (AvgIpc) is 2.82. The molecule has 0 aliphatic carbocycles. The normalized spacial score (nSPS) is 10.7. The van der Waals surface area contributed by atoms with E-state index in [1.54, 1.807) is 24.3 Å². The highest BCUT2D eigenvalue weighted by Gasteiger charge is 2.17. The lowest BCUT2D eigenvalue weighted by molar-refractivity contribution is -0.103. The van der Waals surface area contributed by atoms with Gasteiger partial charge in [-0.05, 0) is 43.2 Å². The van der Waals surface area contributed by atoms with Crippen LogP contribution in [0, 0.1) is 0 Å². The molecule has 0 amide bonds. The van der Waals surface area contributed by atoms with Gasteiger partial charge in [-0.1, -0.05) is 42.1 Å². The molecule has 0 saturated heterocycles. The van der Waals surface area contributed by atoms with Gasteiger partial charge in [-0.25, -0.2) is 4.79 Å². The molecule has 7 nitrogen and oxygen atoms in total. The smallest absolute Gasteiger partial charge is 0.357 e. The van der Waals surface area contributed by atoms with Crippen molar-refractivity contribution in [2.75, 3.05) is 27.3 Å². The van der Waals surface area contributed by atoms with Crippen LogP contribution in [0.3, 0.4) is 0 Å². The molecular formula is C23H25N3O4S. The number of aromatic nitrogens is 2. The monoisotopic (exact) mass is 439 g/mol. The Bertz CT molecular complexity index is 1020. The molecule has 0 fully saturated rings. The third-order valence-corrected chi connectivity index (χ3v) is 5.39. The third-order valence-electron chi connectivity index (χ3n) is 4.48. The summed E-state index contributed by atoms with van der Waals surface area (Å²) in [5.41, 5.74) is 2.23. The Balaban J connectivity index is 1.90. The van der Waals surface area contributed by atoms with Gasteiger partial charge in [-0.2, -0.15) is 9.97 Å². The Labute approximate surface area is 186 Å². The highest BCUT2D eigenvalue weighted by atomic mass is 32.2. The summed E-state index contributed by atoms with van der Waals surface area (Å²) in [6, 6.07) is 17.3. The lowest BCUT2D eigenvalue weighted by atomic mass is 10.00. The zero-order valence-electron chi connectivity index (χ0n) is 18.0. The molecule has 162 valence electrons. The van der Waals surface area contributed by atoms with E-state index in [1.165, 1.54) is 18.9 Å². The first-order valence-corrected chi connectivity index (χ1v) is 10.7. The molecular weight excluding hydrogens is 414 g/mol. The first-order chi connectivity index (χ1) is 15.1. The first kappa shape index (κ1) is 22.6. The van der Waals surface area contributed by atoms with Crippen LogP contribution in [0.15, 0.2) is 64.5 Å². The van der Waals surface area contributed by atoms with Gasteiger partial charge in [0.15, 0.2) is 0 Å². The molecule has 1 aromatic heterocycles. The first-order valence-electron chi connectivity index (χ1n) is 9.89. The van der Waals surface area contributed by atoms with E-state index in [0.29, 0.717) is 29.6 Å². The molecule has 2 aromatic carbocycles. The highest BCUT2D eigenvalue weighted by molar-refractivity contribution is 7.99. The summed E-state index contributed by atoms with van der Waals surface area (Å²) >= 11 is 1.45. The molecule has 0 aliphatic heterocycles. The number of benzene rings is 2. The van der Waals surface area contributed by atoms with Gasteiger partial charge >= 0.3 is 12.0 Å². The maximum Gasteiger partial charge on any atom is 0.357 e. The van der Waals surface area contributed by atoms with Crippen molar-refractivity contribution >= 4 is 17.7 Å². The number of carbonyl (C=O) groups excluding carboxylic acids is 1. The summed E-state index contributed by atoms with van der Waals surface area (Å²) in [5, 5.41) is 2.32. The van der Waals surface area contributed by atoms with Crippen molar-refractivity contribution in [3.8, 4) is 23.0 Å². The number of hydrogen-bond donors (Lipinski definition) is 0. The van der Waals surface area contributed by atoms with Gasteiger partial charge in [0, 0.05) is 24.1 Å². The summed E-state index contributed by atoms with van der Waals surface area (Å²) in [5.74, 6) is 0.0534. The average molecular weight is 440 g/mol. The molecule has 31 heavy (non-hydrogen) atoms. The fourth-order valence-electron chi connectivity index (χ4n) is 2.91. The van der Waals surface area contributed by atoms with Gasteiger partial charge in [0.25, 0.3) is 0 Å². The minimum atomic E-state index is -0.373. The van der Waals surface area contributed by atoms with E-state index in [1.807, 2.05) is 56.3 Å².